The third-order valence-electron chi connectivity index (χ3n) is 8.84. The van der Waals surface area contributed by atoms with E-state index >= 15 is 0 Å². The maximum Gasteiger partial charge on any atom is 0.189 e. The molecule has 45 heavy (non-hydrogen) atoms. The summed E-state index contributed by atoms with van der Waals surface area (Å²) in [6.07, 6.45) is 24.6. The van der Waals surface area contributed by atoms with Crippen molar-refractivity contribution < 1.29 is 25.2 Å². The average Bonchev–Trinajstić information content (AvgIpc) is 2.96. The van der Waals surface area contributed by atoms with Crippen molar-refractivity contribution in [3.8, 4) is 0 Å². The molecule has 0 heterocycles. The van der Waals surface area contributed by atoms with Gasteiger partial charge in [-0.1, -0.05) is 141 Å². The minimum absolute atomic E-state index is 0.425. The average molecular weight is 615 g/mol. The van der Waals surface area contributed by atoms with Crippen molar-refractivity contribution in [3.05, 3.63) is 130 Å². The summed E-state index contributed by atoms with van der Waals surface area (Å²) in [6.45, 7) is 19.4. The van der Waals surface area contributed by atoms with E-state index < -0.39 is 41.0 Å². The van der Waals surface area contributed by atoms with Crippen molar-refractivity contribution in [3.63, 3.8) is 0 Å². The van der Waals surface area contributed by atoms with Gasteiger partial charge in [-0.2, -0.15) is 0 Å². The SMILES string of the molecule is CC1=C(/C=C/C(C)=C/C=C/C(C)=C/C=C/C=C(C)/C=C/C=C(C)/C=C/C2=C(C)C(=O)[C@H](O)[C@@H](O)C2(C)C)C(C)(C)[C@@H](O)[C@H](O)C1. The number of aliphatic hydroxyl groups excluding tert-OH is 4. The highest BCUT2D eigenvalue weighted by molar-refractivity contribution is 6.01. The second kappa shape index (κ2) is 16.3. The number of Topliss-reactive ketones (excluding diaryl/α,β-unsaturated/α-hetero) is 1. The van der Waals surface area contributed by atoms with Gasteiger partial charge in [0.05, 0.1) is 18.3 Å². The van der Waals surface area contributed by atoms with Crippen molar-refractivity contribution in [2.45, 2.75) is 100 Å². The van der Waals surface area contributed by atoms with Crippen molar-refractivity contribution in [2.75, 3.05) is 0 Å². The Morgan fingerprint density at radius 1 is 0.622 bits per heavy atom. The van der Waals surface area contributed by atoms with Crippen molar-refractivity contribution in [1.29, 1.82) is 0 Å². The lowest BCUT2D eigenvalue weighted by Crippen LogP contribution is -2.49. The molecular formula is C40H54O5. The summed E-state index contributed by atoms with van der Waals surface area (Å²) in [4.78, 5) is 12.3. The molecular weight excluding hydrogens is 560 g/mol. The lowest BCUT2D eigenvalue weighted by atomic mass is 9.69. The van der Waals surface area contributed by atoms with E-state index in [9.17, 15) is 25.2 Å². The fourth-order valence-corrected chi connectivity index (χ4v) is 5.73. The van der Waals surface area contributed by atoms with Crippen molar-refractivity contribution in [1.82, 2.24) is 0 Å². The summed E-state index contributed by atoms with van der Waals surface area (Å²) >= 11 is 0. The first-order chi connectivity index (χ1) is 20.9. The third-order valence-corrected chi connectivity index (χ3v) is 8.84. The van der Waals surface area contributed by atoms with Crippen molar-refractivity contribution in [2.24, 2.45) is 10.8 Å². The molecule has 0 unspecified atom stereocenters. The first-order valence-electron chi connectivity index (χ1n) is 15.7. The fraction of sp³-hybridized carbons (Fsp3) is 0.425. The highest BCUT2D eigenvalue weighted by Gasteiger charge is 2.45. The highest BCUT2D eigenvalue weighted by Crippen LogP contribution is 2.42. The zero-order valence-corrected chi connectivity index (χ0v) is 28.8. The van der Waals surface area contributed by atoms with Crippen LogP contribution >= 0.6 is 0 Å². The number of carbonyl (C=O) groups is 1. The monoisotopic (exact) mass is 614 g/mol. The lowest BCUT2D eigenvalue weighted by Gasteiger charge is -2.40. The molecule has 0 aromatic heterocycles. The minimum atomic E-state index is -1.38. The molecule has 4 N–H and O–H groups in total. The maximum absolute atomic E-state index is 12.3. The first-order valence-corrected chi connectivity index (χ1v) is 15.7. The van der Waals surface area contributed by atoms with Gasteiger partial charge in [-0.05, 0) is 64.7 Å². The van der Waals surface area contributed by atoms with Crippen LogP contribution in [0.1, 0.15) is 75.7 Å². The summed E-state index contributed by atoms with van der Waals surface area (Å²) in [7, 11) is 0. The number of aliphatic hydroxyl groups is 4. The molecule has 0 bridgehead atoms. The molecule has 4 atom stereocenters. The molecule has 2 aliphatic carbocycles. The molecule has 0 radical (unpaired) electrons. The molecule has 0 aliphatic heterocycles. The van der Waals surface area contributed by atoms with E-state index in [4.69, 9.17) is 0 Å². The van der Waals surface area contributed by atoms with E-state index in [0.717, 1.165) is 39.0 Å². The van der Waals surface area contributed by atoms with Gasteiger partial charge in [0, 0.05) is 10.8 Å². The zero-order valence-electron chi connectivity index (χ0n) is 28.8. The van der Waals surface area contributed by atoms with Crippen molar-refractivity contribution >= 4 is 5.78 Å². The van der Waals surface area contributed by atoms with Gasteiger partial charge in [0.25, 0.3) is 0 Å². The van der Waals surface area contributed by atoms with E-state index in [1.165, 1.54) is 0 Å². The summed E-state index contributed by atoms with van der Waals surface area (Å²) in [5, 5.41) is 41.0. The third kappa shape index (κ3) is 10.1. The van der Waals surface area contributed by atoms with Crippen LogP contribution in [0.3, 0.4) is 0 Å². The molecule has 2 aliphatic rings. The molecule has 0 fully saturated rings. The van der Waals surface area contributed by atoms with Crippen LogP contribution in [0.5, 0.6) is 0 Å². The Balaban J connectivity index is 1.96. The van der Waals surface area contributed by atoms with E-state index in [0.29, 0.717) is 12.0 Å². The van der Waals surface area contributed by atoms with Gasteiger partial charge in [-0.15, -0.1) is 0 Å². The Morgan fingerprint density at radius 2 is 1.02 bits per heavy atom. The molecule has 5 heteroatoms. The van der Waals surface area contributed by atoms with Gasteiger partial charge < -0.3 is 20.4 Å². The highest BCUT2D eigenvalue weighted by atomic mass is 16.3. The second-order valence-corrected chi connectivity index (χ2v) is 13.6. The van der Waals surface area contributed by atoms with Gasteiger partial charge in [0.1, 0.15) is 6.10 Å². The Morgan fingerprint density at radius 3 is 1.51 bits per heavy atom. The molecule has 0 amide bonds. The summed E-state index contributed by atoms with van der Waals surface area (Å²) < 4.78 is 0. The topological polar surface area (TPSA) is 98.0 Å². The number of allylic oxidation sites excluding steroid dienone is 18. The molecule has 0 aromatic carbocycles. The van der Waals surface area contributed by atoms with Crippen LogP contribution in [-0.4, -0.2) is 50.6 Å². The van der Waals surface area contributed by atoms with E-state index in [1.54, 1.807) is 6.92 Å². The van der Waals surface area contributed by atoms with Gasteiger partial charge in [-0.25, -0.2) is 0 Å². The Hall–Kier alpha value is -3.35. The minimum Gasteiger partial charge on any atom is -0.390 e. The Labute approximate surface area is 271 Å². The predicted molar refractivity (Wildman–Crippen MR) is 187 cm³/mol. The van der Waals surface area contributed by atoms with Gasteiger partial charge in [0.2, 0.25) is 0 Å². The molecule has 0 saturated carbocycles. The van der Waals surface area contributed by atoms with Crippen LogP contribution in [0, 0.1) is 10.8 Å². The molecule has 5 nitrogen and oxygen atoms in total. The Bertz CT molecular complexity index is 1440. The zero-order chi connectivity index (χ0) is 34.1. The summed E-state index contributed by atoms with van der Waals surface area (Å²) in [5.41, 5.74) is 6.47. The summed E-state index contributed by atoms with van der Waals surface area (Å²) in [5.74, 6) is -0.425. The Kier molecular flexibility index (Phi) is 13.7. The van der Waals surface area contributed by atoms with Crippen LogP contribution in [0.15, 0.2) is 130 Å². The number of carbonyl (C=O) groups excluding carboxylic acids is 1. The first kappa shape index (κ1) is 37.8. The molecule has 244 valence electrons. The lowest BCUT2D eigenvalue weighted by molar-refractivity contribution is -0.135. The van der Waals surface area contributed by atoms with Gasteiger partial charge in [0.15, 0.2) is 5.78 Å². The molecule has 0 spiro atoms. The summed E-state index contributed by atoms with van der Waals surface area (Å²) in [6, 6.07) is 0. The van der Waals surface area contributed by atoms with E-state index in [2.05, 4.69) is 24.3 Å². The van der Waals surface area contributed by atoms with E-state index in [1.807, 2.05) is 123 Å². The normalized spacial score (nSPS) is 27.6. The number of hydrogen-bond acceptors (Lipinski definition) is 5. The van der Waals surface area contributed by atoms with Crippen LogP contribution < -0.4 is 0 Å². The smallest absolute Gasteiger partial charge is 0.189 e. The van der Waals surface area contributed by atoms with Crippen LogP contribution in [0.4, 0.5) is 0 Å². The maximum atomic E-state index is 12.3. The quantitative estimate of drug-likeness (QED) is 0.189. The van der Waals surface area contributed by atoms with Gasteiger partial charge >= 0.3 is 0 Å². The number of hydrogen-bond donors (Lipinski definition) is 4. The van der Waals surface area contributed by atoms with E-state index in [-0.39, 0.29) is 0 Å². The number of rotatable bonds is 10. The predicted octanol–water partition coefficient (Wildman–Crippen LogP) is 7.67. The second-order valence-electron chi connectivity index (χ2n) is 13.6. The molecule has 0 aromatic rings. The fourth-order valence-electron chi connectivity index (χ4n) is 5.73. The van der Waals surface area contributed by atoms with Crippen LogP contribution in [0.25, 0.3) is 0 Å². The standard InChI is InChI=1S/C40H54O5/c1-26(17-13-19-28(3)21-23-32-30(5)25-34(41)37(44)39(32,7)8)15-11-12-16-27(2)18-14-20-29(4)22-24-33-31(6)35(42)36(43)38(45)40(33,9)10/h11-24,34,36-38,41,43-45H,25H2,1-10H3/b12-11+,17-13+,18-14+,23-21+,24-22+,26-15+,27-16+,28-19+,29-20+/t34-,36+,37+,38-/m1/s1. The number of ketones is 1. The van der Waals surface area contributed by atoms with Gasteiger partial charge in [-0.3, -0.25) is 4.79 Å². The molecule has 2 rings (SSSR count). The van der Waals surface area contributed by atoms with Crippen LogP contribution in [0.2, 0.25) is 0 Å². The molecule has 0 saturated heterocycles. The largest absolute Gasteiger partial charge is 0.390 e. The van der Waals surface area contributed by atoms with Crippen LogP contribution in [-0.2, 0) is 4.79 Å².